The molecule has 2 atom stereocenters. The van der Waals surface area contributed by atoms with Gasteiger partial charge in [-0.3, -0.25) is 0 Å². The number of aryl methyl sites for hydroxylation is 1. The van der Waals surface area contributed by atoms with Crippen LogP contribution in [-0.2, 0) is 0 Å². The van der Waals surface area contributed by atoms with Crippen molar-refractivity contribution in [3.63, 3.8) is 0 Å². The molecule has 17 heavy (non-hydrogen) atoms. The molecular formula is C14H17NO2. The average molecular weight is 231 g/mol. The first-order valence-corrected chi connectivity index (χ1v) is 6.15. The van der Waals surface area contributed by atoms with Crippen molar-refractivity contribution in [1.82, 2.24) is 5.32 Å². The maximum Gasteiger partial charge on any atom is 0.135 e. The molecule has 2 aromatic rings. The van der Waals surface area contributed by atoms with Crippen LogP contribution in [0, 0.1) is 6.92 Å². The number of hydrogen-bond acceptors (Lipinski definition) is 3. The van der Waals surface area contributed by atoms with E-state index in [-0.39, 0.29) is 6.04 Å². The molecular weight excluding hydrogens is 214 g/mol. The first kappa shape index (κ1) is 10.8. The fourth-order valence-electron chi connectivity index (χ4n) is 2.51. The molecule has 0 radical (unpaired) electrons. The summed E-state index contributed by atoms with van der Waals surface area (Å²) in [5.41, 5.74) is 2.06. The highest BCUT2D eigenvalue weighted by molar-refractivity contribution is 5.78. The third kappa shape index (κ3) is 1.96. The van der Waals surface area contributed by atoms with Crippen molar-refractivity contribution in [1.29, 1.82) is 0 Å². The van der Waals surface area contributed by atoms with E-state index in [1.165, 1.54) is 5.56 Å². The molecule has 1 saturated heterocycles. The lowest BCUT2D eigenvalue weighted by Crippen LogP contribution is -2.28. The lowest BCUT2D eigenvalue weighted by Gasteiger charge is -2.15. The summed E-state index contributed by atoms with van der Waals surface area (Å²) >= 11 is 0. The van der Waals surface area contributed by atoms with Crippen molar-refractivity contribution in [2.75, 3.05) is 6.54 Å². The smallest absolute Gasteiger partial charge is 0.135 e. The van der Waals surface area contributed by atoms with Crippen LogP contribution in [0.15, 0.2) is 28.7 Å². The molecule has 0 bridgehead atoms. The van der Waals surface area contributed by atoms with Gasteiger partial charge in [0.15, 0.2) is 0 Å². The van der Waals surface area contributed by atoms with E-state index < -0.39 is 6.10 Å². The second-order valence-electron chi connectivity index (χ2n) is 4.84. The van der Waals surface area contributed by atoms with Crippen LogP contribution in [0.3, 0.4) is 0 Å². The van der Waals surface area contributed by atoms with Crippen LogP contribution in [-0.4, -0.2) is 17.7 Å². The van der Waals surface area contributed by atoms with Crippen LogP contribution in [0.25, 0.3) is 11.0 Å². The zero-order chi connectivity index (χ0) is 11.8. The van der Waals surface area contributed by atoms with Crippen LogP contribution >= 0.6 is 0 Å². The van der Waals surface area contributed by atoms with Gasteiger partial charge in [0.2, 0.25) is 0 Å². The molecule has 0 spiro atoms. The Morgan fingerprint density at radius 1 is 1.41 bits per heavy atom. The van der Waals surface area contributed by atoms with Crippen LogP contribution in [0.2, 0.25) is 0 Å². The summed E-state index contributed by atoms with van der Waals surface area (Å²) in [7, 11) is 0. The Balaban J connectivity index is 1.94. The summed E-state index contributed by atoms with van der Waals surface area (Å²) in [6.07, 6.45) is 1.60. The Bertz CT molecular complexity index is 526. The largest absolute Gasteiger partial charge is 0.458 e. The number of aliphatic hydroxyl groups is 1. The van der Waals surface area contributed by atoms with Gasteiger partial charge in [-0.25, -0.2) is 0 Å². The van der Waals surface area contributed by atoms with Crippen LogP contribution < -0.4 is 5.32 Å². The predicted octanol–water partition coefficient (Wildman–Crippen LogP) is 2.53. The maximum atomic E-state index is 10.2. The Morgan fingerprint density at radius 2 is 2.29 bits per heavy atom. The van der Waals surface area contributed by atoms with Gasteiger partial charge in [0, 0.05) is 11.4 Å². The fourth-order valence-corrected chi connectivity index (χ4v) is 2.51. The van der Waals surface area contributed by atoms with E-state index in [2.05, 4.69) is 18.3 Å². The molecule has 3 rings (SSSR count). The minimum atomic E-state index is -0.537. The van der Waals surface area contributed by atoms with E-state index in [1.54, 1.807) is 0 Å². The highest BCUT2D eigenvalue weighted by Crippen LogP contribution is 2.28. The van der Waals surface area contributed by atoms with E-state index >= 15 is 0 Å². The highest BCUT2D eigenvalue weighted by atomic mass is 16.4. The zero-order valence-electron chi connectivity index (χ0n) is 9.94. The van der Waals surface area contributed by atoms with Gasteiger partial charge < -0.3 is 14.8 Å². The molecule has 2 N–H and O–H groups in total. The first-order valence-electron chi connectivity index (χ1n) is 6.15. The molecule has 90 valence electrons. The molecule has 1 aromatic heterocycles. The van der Waals surface area contributed by atoms with E-state index in [0.29, 0.717) is 5.76 Å². The molecule has 2 heterocycles. The monoisotopic (exact) mass is 231 g/mol. The fraction of sp³-hybridized carbons (Fsp3) is 0.429. The van der Waals surface area contributed by atoms with Gasteiger partial charge in [-0.2, -0.15) is 0 Å². The molecule has 0 amide bonds. The molecule has 0 aliphatic carbocycles. The number of nitrogens with one attached hydrogen (secondary N) is 1. The molecule has 1 aliphatic rings. The van der Waals surface area contributed by atoms with Crippen LogP contribution in [0.4, 0.5) is 0 Å². The topological polar surface area (TPSA) is 45.4 Å². The van der Waals surface area contributed by atoms with Gasteiger partial charge in [0.05, 0.1) is 0 Å². The van der Waals surface area contributed by atoms with Crippen molar-refractivity contribution in [2.24, 2.45) is 0 Å². The van der Waals surface area contributed by atoms with Gasteiger partial charge in [-0.1, -0.05) is 11.6 Å². The molecule has 2 unspecified atom stereocenters. The predicted molar refractivity (Wildman–Crippen MR) is 66.9 cm³/mol. The number of rotatable bonds is 2. The SMILES string of the molecule is Cc1ccc2oc(C(O)C3CCCN3)cc2c1. The number of hydrogen-bond donors (Lipinski definition) is 2. The normalized spacial score (nSPS) is 22.1. The molecule has 0 saturated carbocycles. The Kier molecular flexibility index (Phi) is 2.65. The van der Waals surface area contributed by atoms with Crippen LogP contribution in [0.1, 0.15) is 30.3 Å². The average Bonchev–Trinajstić information content (AvgIpc) is 2.96. The second kappa shape index (κ2) is 4.17. The van der Waals surface area contributed by atoms with Crippen molar-refractivity contribution in [3.05, 3.63) is 35.6 Å². The molecule has 1 aliphatic heterocycles. The van der Waals surface area contributed by atoms with Gasteiger partial charge in [-0.15, -0.1) is 0 Å². The highest BCUT2D eigenvalue weighted by Gasteiger charge is 2.26. The minimum Gasteiger partial charge on any atom is -0.458 e. The van der Waals surface area contributed by atoms with E-state index in [9.17, 15) is 5.11 Å². The van der Waals surface area contributed by atoms with Crippen molar-refractivity contribution >= 4 is 11.0 Å². The van der Waals surface area contributed by atoms with Gasteiger partial charge in [0.25, 0.3) is 0 Å². The lowest BCUT2D eigenvalue weighted by molar-refractivity contribution is 0.115. The van der Waals surface area contributed by atoms with E-state index in [1.807, 2.05) is 18.2 Å². The quantitative estimate of drug-likeness (QED) is 0.834. The third-order valence-electron chi connectivity index (χ3n) is 3.46. The van der Waals surface area contributed by atoms with E-state index in [4.69, 9.17) is 4.42 Å². The molecule has 3 nitrogen and oxygen atoms in total. The Hall–Kier alpha value is -1.32. The second-order valence-corrected chi connectivity index (χ2v) is 4.84. The summed E-state index contributed by atoms with van der Waals surface area (Å²) in [6, 6.07) is 8.15. The maximum absolute atomic E-state index is 10.2. The summed E-state index contributed by atoms with van der Waals surface area (Å²) in [4.78, 5) is 0. The molecule has 1 aromatic carbocycles. The molecule has 1 fully saturated rings. The van der Waals surface area contributed by atoms with Gasteiger partial charge in [0.1, 0.15) is 17.4 Å². The third-order valence-corrected chi connectivity index (χ3v) is 3.46. The summed E-state index contributed by atoms with van der Waals surface area (Å²) in [5, 5.41) is 14.6. The van der Waals surface area contributed by atoms with Crippen molar-refractivity contribution in [3.8, 4) is 0 Å². The number of benzene rings is 1. The number of fused-ring (bicyclic) bond motifs is 1. The molecule has 3 heteroatoms. The van der Waals surface area contributed by atoms with Crippen LogP contribution in [0.5, 0.6) is 0 Å². The minimum absolute atomic E-state index is 0.136. The van der Waals surface area contributed by atoms with Gasteiger partial charge in [-0.05, 0) is 44.5 Å². The standard InChI is InChI=1S/C14H17NO2/c1-9-4-5-12-10(7-9)8-13(17-12)14(16)11-3-2-6-15-11/h4-5,7-8,11,14-16H,2-3,6H2,1H3. The number of furan rings is 1. The zero-order valence-corrected chi connectivity index (χ0v) is 9.94. The summed E-state index contributed by atoms with van der Waals surface area (Å²) < 4.78 is 5.71. The summed E-state index contributed by atoms with van der Waals surface area (Å²) in [5.74, 6) is 0.671. The lowest BCUT2D eigenvalue weighted by atomic mass is 10.1. The summed E-state index contributed by atoms with van der Waals surface area (Å²) in [6.45, 7) is 3.04. The number of aliphatic hydroxyl groups excluding tert-OH is 1. The Morgan fingerprint density at radius 3 is 3.06 bits per heavy atom. The van der Waals surface area contributed by atoms with Crippen molar-refractivity contribution in [2.45, 2.75) is 31.9 Å². The van der Waals surface area contributed by atoms with Gasteiger partial charge >= 0.3 is 0 Å². The van der Waals surface area contributed by atoms with Crippen molar-refractivity contribution < 1.29 is 9.52 Å². The first-order chi connectivity index (χ1) is 8.24. The van der Waals surface area contributed by atoms with E-state index in [0.717, 1.165) is 30.4 Å². The Labute approximate surface area is 100 Å².